The van der Waals surface area contributed by atoms with Crippen molar-refractivity contribution in [2.75, 3.05) is 0 Å². The largest absolute Gasteiger partial charge is 2.00 e. The monoisotopic (exact) mass is 1960 g/mol. The molecule has 0 radical (unpaired) electrons. The third kappa shape index (κ3) is 55.7. The van der Waals surface area contributed by atoms with Gasteiger partial charge in [0.15, 0.2) is 0 Å². The van der Waals surface area contributed by atoms with Crippen molar-refractivity contribution < 1.29 is 140 Å². The fourth-order valence-electron chi connectivity index (χ4n) is 7.91. The van der Waals surface area contributed by atoms with Gasteiger partial charge in [0.1, 0.15) is 0 Å². The van der Waals surface area contributed by atoms with E-state index in [4.69, 9.17) is 10.5 Å². The molecule has 16 nitrogen and oxygen atoms in total. The number of aliphatic imine (C=N–C) groups is 2. The van der Waals surface area contributed by atoms with Crippen LogP contribution in [0.25, 0.3) is 89.2 Å². The Kier molecular flexibility index (Phi) is 37.4. The van der Waals surface area contributed by atoms with Crippen molar-refractivity contribution in [3.8, 4) is 57.7 Å². The molecule has 0 atom stereocenters. The summed E-state index contributed by atoms with van der Waals surface area (Å²) in [5, 5.41) is 23.3. The Morgan fingerprint density at radius 1 is 0.246 bits per heavy atom. The average molecular weight is 1960 g/mol. The van der Waals surface area contributed by atoms with Crippen LogP contribution in [0.5, 0.6) is 0 Å². The van der Waals surface area contributed by atoms with Gasteiger partial charge >= 0.3 is 171 Å². The molecule has 0 amide bonds. The van der Waals surface area contributed by atoms with E-state index in [9.17, 15) is 101 Å². The second-order valence-electron chi connectivity index (χ2n) is 21.1. The molecule has 0 spiro atoms. The van der Waals surface area contributed by atoms with E-state index in [0.29, 0.717) is 0 Å². The molecule has 118 heavy (non-hydrogen) atoms. The van der Waals surface area contributed by atoms with Crippen LogP contribution in [0.4, 0.5) is 112 Å². The van der Waals surface area contributed by atoms with Gasteiger partial charge in [-0.1, -0.05) is 60.7 Å². The zero-order valence-corrected chi connectivity index (χ0v) is 67.8. The van der Waals surface area contributed by atoms with Crippen molar-refractivity contribution in [2.45, 2.75) is 13.8 Å². The molecular formula is C70H52F24N16P4Ru2S2. The molecular weight excluding hydrogens is 1910 g/mol. The van der Waals surface area contributed by atoms with Crippen molar-refractivity contribution in [1.82, 2.24) is 59.8 Å². The number of isothiocyanates is 2. The maximum absolute atomic E-state index is 10.7. The van der Waals surface area contributed by atoms with Crippen LogP contribution in [0.1, 0.15) is 13.8 Å². The Balaban J connectivity index is 0.000000660. The van der Waals surface area contributed by atoms with Crippen molar-refractivity contribution in [1.29, 1.82) is 10.5 Å². The summed E-state index contributed by atoms with van der Waals surface area (Å²) >= 11 is 9.33. The van der Waals surface area contributed by atoms with Gasteiger partial charge in [-0.2, -0.15) is 20.5 Å². The van der Waals surface area contributed by atoms with Gasteiger partial charge in [0.05, 0.1) is 101 Å². The van der Waals surface area contributed by atoms with E-state index in [1.807, 2.05) is 206 Å². The number of halogens is 24. The van der Waals surface area contributed by atoms with Gasteiger partial charge in [0.2, 0.25) is 0 Å². The fraction of sp³-hybridized carbons (Fsp3) is 0.0286. The number of rotatable bonds is 6. The summed E-state index contributed by atoms with van der Waals surface area (Å²) in [6.07, 6.45) is 21.2. The molecule has 14 aromatic rings. The number of benzene rings is 2. The van der Waals surface area contributed by atoms with Gasteiger partial charge in [-0.3, -0.25) is 59.8 Å². The first kappa shape index (κ1) is 105. The van der Waals surface area contributed by atoms with Crippen molar-refractivity contribution in [2.24, 2.45) is 9.98 Å². The first-order valence-corrected chi connectivity index (χ1v) is 39.8. The topological polar surface area (TPSA) is 227 Å². The molecule has 0 fully saturated rings. The van der Waals surface area contributed by atoms with Crippen LogP contribution in [0, 0.1) is 22.7 Å². The number of hydrogen-bond donors (Lipinski definition) is 0. The molecule has 12 heterocycles. The van der Waals surface area contributed by atoms with Crippen LogP contribution in [0.3, 0.4) is 0 Å². The van der Waals surface area contributed by atoms with Gasteiger partial charge < -0.3 is 0 Å². The second-order valence-corrected chi connectivity index (χ2v) is 29.2. The van der Waals surface area contributed by atoms with E-state index < -0.39 is 31.2 Å². The number of nitriles is 2. The van der Waals surface area contributed by atoms with Gasteiger partial charge in [-0.25, -0.2) is 0 Å². The third-order valence-corrected chi connectivity index (χ3v) is 11.8. The first-order valence-electron chi connectivity index (χ1n) is 30.9. The van der Waals surface area contributed by atoms with Crippen LogP contribution in [0.2, 0.25) is 0 Å². The summed E-state index contributed by atoms with van der Waals surface area (Å²) in [5.41, 5.74) is 12.3. The molecule has 0 saturated carbocycles. The summed E-state index contributed by atoms with van der Waals surface area (Å²) in [4.78, 5) is 59.1. The van der Waals surface area contributed by atoms with E-state index in [1.54, 1.807) is 86.5 Å². The predicted molar refractivity (Wildman–Crippen MR) is 410 cm³/mol. The molecule has 14 rings (SSSR count). The maximum Gasteiger partial charge on any atom is 2.00 e. The molecule has 2 aromatic carbocycles. The molecule has 0 aliphatic rings. The molecule has 0 bridgehead atoms. The van der Waals surface area contributed by atoms with Gasteiger partial charge in [0.25, 0.3) is 0 Å². The standard InChI is InChI=1S/2C13H7N3S.4C10H8N2.2C2H3N.4F6P.2Ru/c2*17-8-16-11-7-9-3-1-5-14-12(9)13-10(11)4-2-6-15-13;4*1-3-7-11-9(5-1)10-6-2-4-8-12-10;2*1-2-3;4*1-7(2,3,4,5)6;;/h2*1-7H;4*1-8H;2*1H3;;;;;;/q;;;;;;;;4*-1;2*+2. The third-order valence-electron chi connectivity index (χ3n) is 11.6. The van der Waals surface area contributed by atoms with Crippen LogP contribution in [0.15, 0.2) is 291 Å². The predicted octanol–water partition coefficient (Wildman–Crippen LogP) is 30.2. The smallest absolute Gasteiger partial charge is 0.255 e. The number of thiocarbonyl (C=S) groups is 2. The molecule has 0 saturated heterocycles. The van der Waals surface area contributed by atoms with Crippen molar-refractivity contribution in [3.63, 3.8) is 0 Å². The summed E-state index contributed by atoms with van der Waals surface area (Å²) in [6.45, 7) is 2.86. The zero-order valence-electron chi connectivity index (χ0n) is 59.1. The Morgan fingerprint density at radius 3 is 0.551 bits per heavy atom. The molecule has 0 aliphatic heterocycles. The zero-order chi connectivity index (χ0) is 87.3. The SMILES string of the molecule is CC#N.CC#N.F[P-](F)(F)(F)(F)F.F[P-](F)(F)(F)(F)F.F[P-](F)(F)(F)(F)F.F[P-](F)(F)(F)(F)F.S=C=Nc1cc2cccnc2c2ncccc12.S=C=Nc1cc2cccnc2c2ncccc12.[Ru+2].[Ru+2].c1ccc(-c2ccccn2)nc1.c1ccc(-c2ccccn2)nc1.c1ccc(-c2ccccn2)nc1.c1ccc(-c2ccccn2)nc1. The molecule has 0 unspecified atom stereocenters. The number of aromatic nitrogens is 12. The minimum Gasteiger partial charge on any atom is -0.255 e. The molecule has 12 aromatic heterocycles. The maximum atomic E-state index is 9.87. The van der Waals surface area contributed by atoms with Gasteiger partial charge in [-0.05, 0) is 170 Å². The molecule has 0 N–H and O–H groups in total. The minimum atomic E-state index is -10.7. The van der Waals surface area contributed by atoms with Crippen molar-refractivity contribution >= 4 is 121 Å². The van der Waals surface area contributed by atoms with E-state index in [1.165, 1.54) is 13.8 Å². The minimum absolute atomic E-state index is 0. The fourth-order valence-corrected chi connectivity index (χ4v) is 8.11. The first-order chi connectivity index (χ1) is 53.3. The number of fused-ring (bicyclic) bond motifs is 6. The molecule has 48 heteroatoms. The van der Waals surface area contributed by atoms with Crippen LogP contribution >= 0.6 is 55.7 Å². The summed E-state index contributed by atoms with van der Waals surface area (Å²) in [7, 11) is -42.6. The van der Waals surface area contributed by atoms with Crippen LogP contribution in [-0.2, 0) is 39.0 Å². The van der Waals surface area contributed by atoms with Crippen LogP contribution < -0.4 is 0 Å². The van der Waals surface area contributed by atoms with Crippen molar-refractivity contribution in [3.05, 3.63) is 281 Å². The molecule has 0 aliphatic carbocycles. The van der Waals surface area contributed by atoms with E-state index in [0.717, 1.165) is 101 Å². The van der Waals surface area contributed by atoms with Gasteiger partial charge in [-0.15, -0.1) is 0 Å². The number of nitrogens with zero attached hydrogens (tertiary/aromatic N) is 16. The summed E-state index contributed by atoms with van der Waals surface area (Å²) in [6, 6.07) is 69.2. The quantitative estimate of drug-likeness (QED) is 0.0376. The van der Waals surface area contributed by atoms with Crippen LogP contribution in [-0.4, -0.2) is 70.1 Å². The van der Waals surface area contributed by atoms with Gasteiger partial charge in [0, 0.05) is 110 Å². The Bertz CT molecular complexity index is 4890. The Hall–Kier alpha value is -10.9. The molecule has 628 valence electrons. The normalized spacial score (nSPS) is 12.5. The summed E-state index contributed by atoms with van der Waals surface area (Å²) in [5.74, 6) is 0. The number of hydrogen-bond acceptors (Lipinski definition) is 18. The Labute approximate surface area is 689 Å². The van der Waals surface area contributed by atoms with E-state index >= 15 is 0 Å². The number of pyridine rings is 12. The van der Waals surface area contributed by atoms with E-state index in [2.05, 4.69) is 105 Å². The Morgan fingerprint density at radius 2 is 0.398 bits per heavy atom. The second kappa shape index (κ2) is 42.0. The average Bonchev–Trinajstić information content (AvgIpc) is 0.774. The van der Waals surface area contributed by atoms with E-state index in [-0.39, 0.29) is 39.0 Å². The summed E-state index contributed by atoms with van der Waals surface area (Å²) < 4.78 is 237.